The first-order valence-electron chi connectivity index (χ1n) is 7.47. The lowest BCUT2D eigenvalue weighted by Gasteiger charge is -2.20. The zero-order chi connectivity index (χ0) is 13.8. The van der Waals surface area contributed by atoms with Gasteiger partial charge >= 0.3 is 0 Å². The maximum absolute atomic E-state index is 5.66. The van der Waals surface area contributed by atoms with Crippen molar-refractivity contribution in [3.8, 4) is 0 Å². The van der Waals surface area contributed by atoms with Crippen LogP contribution in [-0.4, -0.2) is 19.8 Å². The number of rotatable bonds is 7. The van der Waals surface area contributed by atoms with Crippen LogP contribution < -0.4 is 5.32 Å². The van der Waals surface area contributed by atoms with Crippen LogP contribution in [0.2, 0.25) is 0 Å². The molecule has 2 nitrogen and oxygen atoms in total. The van der Waals surface area contributed by atoms with Gasteiger partial charge in [-0.05, 0) is 63.1 Å². The average molecular weight is 261 g/mol. The van der Waals surface area contributed by atoms with Crippen LogP contribution in [0.25, 0.3) is 0 Å². The van der Waals surface area contributed by atoms with Crippen molar-refractivity contribution in [3.63, 3.8) is 0 Å². The number of hydrogen-bond donors (Lipinski definition) is 1. The van der Waals surface area contributed by atoms with E-state index in [0.29, 0.717) is 6.04 Å². The van der Waals surface area contributed by atoms with E-state index in [1.165, 1.54) is 35.1 Å². The van der Waals surface area contributed by atoms with E-state index in [1.54, 1.807) is 0 Å². The topological polar surface area (TPSA) is 21.3 Å². The van der Waals surface area contributed by atoms with Gasteiger partial charge in [-0.3, -0.25) is 0 Å². The quantitative estimate of drug-likeness (QED) is 0.756. The van der Waals surface area contributed by atoms with Gasteiger partial charge in [0.25, 0.3) is 0 Å². The number of hydrogen-bond acceptors (Lipinski definition) is 2. The predicted octanol–water partition coefficient (Wildman–Crippen LogP) is 3.69. The summed E-state index contributed by atoms with van der Waals surface area (Å²) in [6, 6.07) is 4.93. The van der Waals surface area contributed by atoms with E-state index in [9.17, 15) is 0 Å². The summed E-state index contributed by atoms with van der Waals surface area (Å²) in [5.74, 6) is 0.860. The molecule has 1 N–H and O–H groups in total. The molecule has 0 spiro atoms. The van der Waals surface area contributed by atoms with Crippen molar-refractivity contribution in [2.45, 2.75) is 46.6 Å². The summed E-state index contributed by atoms with van der Waals surface area (Å²) in [5, 5.41) is 3.57. The van der Waals surface area contributed by atoms with Crippen LogP contribution >= 0.6 is 0 Å². The summed E-state index contributed by atoms with van der Waals surface area (Å²) in [6.45, 7) is 11.5. The fourth-order valence-corrected chi connectivity index (χ4v) is 2.86. The molecule has 2 rings (SSSR count). The molecule has 1 saturated carbocycles. The van der Waals surface area contributed by atoms with Crippen LogP contribution in [0.3, 0.4) is 0 Å². The van der Waals surface area contributed by atoms with Crippen molar-refractivity contribution in [1.82, 2.24) is 5.32 Å². The average Bonchev–Trinajstić information content (AvgIpc) is 3.11. The van der Waals surface area contributed by atoms with Gasteiger partial charge in [-0.25, -0.2) is 0 Å². The van der Waals surface area contributed by atoms with E-state index >= 15 is 0 Å². The van der Waals surface area contributed by atoms with E-state index in [4.69, 9.17) is 4.74 Å². The molecule has 1 aliphatic carbocycles. The lowest BCUT2D eigenvalue weighted by molar-refractivity contribution is 0.124. The Hall–Kier alpha value is -0.860. The van der Waals surface area contributed by atoms with Crippen molar-refractivity contribution < 1.29 is 4.74 Å². The molecule has 0 aliphatic heterocycles. The van der Waals surface area contributed by atoms with Gasteiger partial charge in [-0.2, -0.15) is 0 Å². The Bertz CT molecular complexity index is 400. The van der Waals surface area contributed by atoms with E-state index in [1.807, 2.05) is 0 Å². The van der Waals surface area contributed by atoms with Crippen LogP contribution in [0.4, 0.5) is 0 Å². The van der Waals surface area contributed by atoms with E-state index in [-0.39, 0.29) is 0 Å². The summed E-state index contributed by atoms with van der Waals surface area (Å²) < 4.78 is 5.66. The van der Waals surface area contributed by atoms with E-state index in [2.05, 4.69) is 45.1 Å². The molecular formula is C17H27NO. The van der Waals surface area contributed by atoms with Crippen LogP contribution in [0.5, 0.6) is 0 Å². The van der Waals surface area contributed by atoms with Gasteiger partial charge in [-0.15, -0.1) is 0 Å². The van der Waals surface area contributed by atoms with Crippen molar-refractivity contribution >= 4 is 0 Å². The Kier molecular flexibility index (Phi) is 5.00. The molecule has 0 bridgehead atoms. The van der Waals surface area contributed by atoms with Gasteiger partial charge < -0.3 is 10.1 Å². The highest BCUT2D eigenvalue weighted by Gasteiger charge is 2.20. The summed E-state index contributed by atoms with van der Waals surface area (Å²) in [4.78, 5) is 0. The molecule has 106 valence electrons. The fourth-order valence-electron chi connectivity index (χ4n) is 2.86. The van der Waals surface area contributed by atoms with Crippen molar-refractivity contribution in [1.29, 1.82) is 0 Å². The lowest BCUT2D eigenvalue weighted by Crippen LogP contribution is -2.24. The van der Waals surface area contributed by atoms with Crippen molar-refractivity contribution in [3.05, 3.63) is 34.4 Å². The SMILES string of the molecule is Cc1cc(C)c(C(C)NCCOCC2CC2)c(C)c1. The summed E-state index contributed by atoms with van der Waals surface area (Å²) in [6.07, 6.45) is 2.73. The molecular weight excluding hydrogens is 234 g/mol. The number of ether oxygens (including phenoxy) is 1. The molecule has 0 saturated heterocycles. The van der Waals surface area contributed by atoms with Crippen LogP contribution in [-0.2, 0) is 4.74 Å². The van der Waals surface area contributed by atoms with Gasteiger partial charge in [0, 0.05) is 19.2 Å². The summed E-state index contributed by atoms with van der Waals surface area (Å²) in [5.41, 5.74) is 5.55. The van der Waals surface area contributed by atoms with Crippen LogP contribution in [0.1, 0.15) is 48.1 Å². The van der Waals surface area contributed by atoms with Gasteiger partial charge in [0.1, 0.15) is 0 Å². The summed E-state index contributed by atoms with van der Waals surface area (Å²) in [7, 11) is 0. The Labute approximate surface area is 117 Å². The van der Waals surface area contributed by atoms with Crippen molar-refractivity contribution in [2.24, 2.45) is 5.92 Å². The molecule has 1 aromatic carbocycles. The summed E-state index contributed by atoms with van der Waals surface area (Å²) >= 11 is 0. The Morgan fingerprint density at radius 1 is 1.21 bits per heavy atom. The Morgan fingerprint density at radius 2 is 1.84 bits per heavy atom. The molecule has 2 heteroatoms. The molecule has 0 amide bonds. The molecule has 0 radical (unpaired) electrons. The smallest absolute Gasteiger partial charge is 0.0591 e. The number of nitrogens with one attached hydrogen (secondary N) is 1. The van der Waals surface area contributed by atoms with Gasteiger partial charge in [0.2, 0.25) is 0 Å². The van der Waals surface area contributed by atoms with Gasteiger partial charge in [0.15, 0.2) is 0 Å². The molecule has 19 heavy (non-hydrogen) atoms. The highest BCUT2D eigenvalue weighted by Crippen LogP contribution is 2.28. The van der Waals surface area contributed by atoms with Crippen molar-refractivity contribution in [2.75, 3.05) is 19.8 Å². The lowest BCUT2D eigenvalue weighted by atomic mass is 9.95. The second-order valence-corrected chi connectivity index (χ2v) is 6.01. The largest absolute Gasteiger partial charge is 0.380 e. The zero-order valence-corrected chi connectivity index (χ0v) is 12.8. The highest BCUT2D eigenvalue weighted by atomic mass is 16.5. The van der Waals surface area contributed by atoms with E-state index in [0.717, 1.165) is 25.7 Å². The minimum Gasteiger partial charge on any atom is -0.380 e. The molecule has 1 fully saturated rings. The molecule has 1 unspecified atom stereocenters. The van der Waals surface area contributed by atoms with Crippen LogP contribution in [0, 0.1) is 26.7 Å². The third-order valence-electron chi connectivity index (χ3n) is 3.92. The van der Waals surface area contributed by atoms with Crippen LogP contribution in [0.15, 0.2) is 12.1 Å². The molecule has 1 aromatic rings. The fraction of sp³-hybridized carbons (Fsp3) is 0.647. The first-order valence-corrected chi connectivity index (χ1v) is 7.47. The monoisotopic (exact) mass is 261 g/mol. The maximum Gasteiger partial charge on any atom is 0.0591 e. The zero-order valence-electron chi connectivity index (χ0n) is 12.8. The Balaban J connectivity index is 1.79. The predicted molar refractivity (Wildman–Crippen MR) is 80.6 cm³/mol. The van der Waals surface area contributed by atoms with Gasteiger partial charge in [0.05, 0.1) is 6.61 Å². The molecule has 0 heterocycles. The number of aryl methyl sites for hydroxylation is 3. The Morgan fingerprint density at radius 3 is 2.42 bits per heavy atom. The standard InChI is InChI=1S/C17H27NO/c1-12-9-13(2)17(14(3)10-12)15(4)18-7-8-19-11-16-5-6-16/h9-10,15-16,18H,5-8,11H2,1-4H3. The van der Waals surface area contributed by atoms with Gasteiger partial charge in [-0.1, -0.05) is 17.7 Å². The third kappa shape index (κ3) is 4.32. The second-order valence-electron chi connectivity index (χ2n) is 6.01. The second kappa shape index (κ2) is 6.53. The minimum absolute atomic E-state index is 0.394. The maximum atomic E-state index is 5.66. The third-order valence-corrected chi connectivity index (χ3v) is 3.92. The van der Waals surface area contributed by atoms with E-state index < -0.39 is 0 Å². The molecule has 0 aromatic heterocycles. The minimum atomic E-state index is 0.394. The first kappa shape index (κ1) is 14.5. The highest BCUT2D eigenvalue weighted by molar-refractivity contribution is 5.39. The number of benzene rings is 1. The molecule has 1 atom stereocenters. The normalized spacial score (nSPS) is 16.6. The first-order chi connectivity index (χ1) is 9.08. The molecule has 1 aliphatic rings.